The molecule has 0 fully saturated rings. The van der Waals surface area contributed by atoms with Crippen molar-refractivity contribution in [1.29, 1.82) is 0 Å². The van der Waals surface area contributed by atoms with Crippen LogP contribution in [0.3, 0.4) is 0 Å². The number of rotatable bonds is 10. The molecule has 0 saturated heterocycles. The van der Waals surface area contributed by atoms with E-state index in [4.69, 9.17) is 0 Å². The quantitative estimate of drug-likeness (QED) is 0.695. The summed E-state index contributed by atoms with van der Waals surface area (Å²) in [5.74, 6) is -0.643. The summed E-state index contributed by atoms with van der Waals surface area (Å²) < 4.78 is 0. The zero-order valence-corrected chi connectivity index (χ0v) is 14.2. The van der Waals surface area contributed by atoms with Crippen LogP contribution >= 0.6 is 11.3 Å². The molecule has 0 bridgehead atoms. The third kappa shape index (κ3) is 6.01. The van der Waals surface area contributed by atoms with E-state index in [0.717, 1.165) is 23.1 Å². The number of aromatic nitrogens is 1. The summed E-state index contributed by atoms with van der Waals surface area (Å²) in [7, 11) is 0. The molecule has 0 radical (unpaired) electrons. The SMILES string of the molecule is CCN(CC)c1ncc(CNCC(CC(C)C)C(=O)O)s1. The normalized spacial score (nSPS) is 12.6. The molecule has 0 aliphatic heterocycles. The fourth-order valence-corrected chi connectivity index (χ4v) is 3.24. The van der Waals surface area contributed by atoms with Crippen LogP contribution in [0.25, 0.3) is 0 Å². The van der Waals surface area contributed by atoms with Crippen LogP contribution in [0.15, 0.2) is 6.20 Å². The van der Waals surface area contributed by atoms with Gasteiger partial charge in [-0.1, -0.05) is 13.8 Å². The lowest BCUT2D eigenvalue weighted by Crippen LogP contribution is -2.29. The van der Waals surface area contributed by atoms with Crippen LogP contribution < -0.4 is 10.2 Å². The number of nitrogens with one attached hydrogen (secondary N) is 1. The molecule has 1 rings (SSSR count). The smallest absolute Gasteiger partial charge is 0.307 e. The molecule has 0 saturated carbocycles. The average Bonchev–Trinajstić information content (AvgIpc) is 2.87. The summed E-state index contributed by atoms with van der Waals surface area (Å²) in [6.07, 6.45) is 2.58. The molecule has 0 aromatic carbocycles. The maximum absolute atomic E-state index is 11.2. The minimum atomic E-state index is -0.718. The van der Waals surface area contributed by atoms with E-state index in [1.54, 1.807) is 11.3 Å². The first-order valence-electron chi connectivity index (χ1n) is 7.61. The predicted octanol–water partition coefficient (Wildman–Crippen LogP) is 2.83. The van der Waals surface area contributed by atoms with Gasteiger partial charge in [-0.3, -0.25) is 4.79 Å². The molecule has 0 aliphatic rings. The van der Waals surface area contributed by atoms with Gasteiger partial charge in [-0.2, -0.15) is 0 Å². The molecule has 120 valence electrons. The second-order valence-corrected chi connectivity index (χ2v) is 6.67. The minimum Gasteiger partial charge on any atom is -0.481 e. The molecule has 0 amide bonds. The van der Waals surface area contributed by atoms with Crippen molar-refractivity contribution in [1.82, 2.24) is 10.3 Å². The molecular formula is C15H27N3O2S. The summed E-state index contributed by atoms with van der Waals surface area (Å²) in [5.41, 5.74) is 0. The van der Waals surface area contributed by atoms with E-state index in [1.165, 1.54) is 0 Å². The first-order chi connectivity index (χ1) is 9.97. The van der Waals surface area contributed by atoms with Crippen molar-refractivity contribution in [3.63, 3.8) is 0 Å². The second-order valence-electron chi connectivity index (χ2n) is 5.58. The van der Waals surface area contributed by atoms with E-state index in [0.29, 0.717) is 25.4 Å². The highest BCUT2D eigenvalue weighted by molar-refractivity contribution is 7.15. The van der Waals surface area contributed by atoms with Crippen LogP contribution in [0, 0.1) is 11.8 Å². The molecule has 6 heteroatoms. The number of carbonyl (C=O) groups is 1. The van der Waals surface area contributed by atoms with Crippen LogP contribution in [-0.4, -0.2) is 35.7 Å². The van der Waals surface area contributed by atoms with E-state index in [1.807, 2.05) is 6.20 Å². The van der Waals surface area contributed by atoms with Crippen molar-refractivity contribution in [2.75, 3.05) is 24.5 Å². The molecular weight excluding hydrogens is 286 g/mol. The number of hydrogen-bond donors (Lipinski definition) is 2. The largest absolute Gasteiger partial charge is 0.481 e. The van der Waals surface area contributed by atoms with Crippen molar-refractivity contribution >= 4 is 22.4 Å². The molecule has 1 unspecified atom stereocenters. The molecule has 2 N–H and O–H groups in total. The van der Waals surface area contributed by atoms with Crippen molar-refractivity contribution in [2.24, 2.45) is 11.8 Å². The Morgan fingerprint density at radius 1 is 1.43 bits per heavy atom. The summed E-state index contributed by atoms with van der Waals surface area (Å²) in [6, 6.07) is 0. The first-order valence-corrected chi connectivity index (χ1v) is 8.42. The minimum absolute atomic E-state index is 0.319. The lowest BCUT2D eigenvalue weighted by atomic mass is 9.97. The lowest BCUT2D eigenvalue weighted by Gasteiger charge is -2.16. The van der Waals surface area contributed by atoms with Crippen LogP contribution in [0.2, 0.25) is 0 Å². The zero-order chi connectivity index (χ0) is 15.8. The van der Waals surface area contributed by atoms with Crippen molar-refractivity contribution in [2.45, 2.75) is 40.7 Å². The Balaban J connectivity index is 2.46. The Morgan fingerprint density at radius 2 is 2.10 bits per heavy atom. The topological polar surface area (TPSA) is 65.5 Å². The molecule has 21 heavy (non-hydrogen) atoms. The van der Waals surface area contributed by atoms with Crippen molar-refractivity contribution < 1.29 is 9.90 Å². The maximum Gasteiger partial charge on any atom is 0.307 e. The number of anilines is 1. The van der Waals surface area contributed by atoms with Gasteiger partial charge in [-0.05, 0) is 26.2 Å². The second kappa shape index (κ2) is 9.00. The van der Waals surface area contributed by atoms with E-state index in [2.05, 4.69) is 42.9 Å². The van der Waals surface area contributed by atoms with Gasteiger partial charge in [-0.15, -0.1) is 11.3 Å². The highest BCUT2D eigenvalue weighted by Crippen LogP contribution is 2.22. The van der Waals surface area contributed by atoms with Crippen LogP contribution in [0.5, 0.6) is 0 Å². The van der Waals surface area contributed by atoms with Gasteiger partial charge in [0.2, 0.25) is 0 Å². The summed E-state index contributed by atoms with van der Waals surface area (Å²) in [5, 5.41) is 13.5. The van der Waals surface area contributed by atoms with Crippen LogP contribution in [0.4, 0.5) is 5.13 Å². The fourth-order valence-electron chi connectivity index (χ4n) is 2.23. The fraction of sp³-hybridized carbons (Fsp3) is 0.733. The Hall–Kier alpha value is -1.14. The van der Waals surface area contributed by atoms with Crippen LogP contribution in [-0.2, 0) is 11.3 Å². The van der Waals surface area contributed by atoms with Gasteiger partial charge in [0.15, 0.2) is 5.13 Å². The number of nitrogens with zero attached hydrogens (tertiary/aromatic N) is 2. The monoisotopic (exact) mass is 313 g/mol. The van der Waals surface area contributed by atoms with Gasteiger partial charge in [0.1, 0.15) is 0 Å². The average molecular weight is 313 g/mol. The standard InChI is InChI=1S/C15H27N3O2S/c1-5-18(6-2)15-17-10-13(21-15)9-16-8-12(14(19)20)7-11(3)4/h10-12,16H,5-9H2,1-4H3,(H,19,20). The Labute approximate surface area is 131 Å². The van der Waals surface area contributed by atoms with Gasteiger partial charge in [-0.25, -0.2) is 4.98 Å². The summed E-state index contributed by atoms with van der Waals surface area (Å²) in [6.45, 7) is 11.4. The molecule has 5 nitrogen and oxygen atoms in total. The molecule has 1 heterocycles. The van der Waals surface area contributed by atoms with E-state index in [9.17, 15) is 9.90 Å². The van der Waals surface area contributed by atoms with E-state index in [-0.39, 0.29) is 5.92 Å². The van der Waals surface area contributed by atoms with Gasteiger partial charge in [0.25, 0.3) is 0 Å². The number of carboxylic acid groups (broad SMARTS) is 1. The van der Waals surface area contributed by atoms with E-state index < -0.39 is 5.97 Å². The number of hydrogen-bond acceptors (Lipinski definition) is 5. The highest BCUT2D eigenvalue weighted by atomic mass is 32.1. The molecule has 0 aliphatic carbocycles. The Bertz CT molecular complexity index is 430. The molecule has 1 aromatic rings. The van der Waals surface area contributed by atoms with Gasteiger partial charge < -0.3 is 15.3 Å². The number of thiazole rings is 1. The van der Waals surface area contributed by atoms with Crippen molar-refractivity contribution in [3.8, 4) is 0 Å². The Kier molecular flexibility index (Phi) is 7.67. The molecule has 1 aromatic heterocycles. The zero-order valence-electron chi connectivity index (χ0n) is 13.4. The third-order valence-corrected chi connectivity index (χ3v) is 4.43. The Morgan fingerprint density at radius 3 is 2.62 bits per heavy atom. The summed E-state index contributed by atoms with van der Waals surface area (Å²) >= 11 is 1.67. The van der Waals surface area contributed by atoms with Gasteiger partial charge >= 0.3 is 5.97 Å². The predicted molar refractivity (Wildman–Crippen MR) is 88.0 cm³/mol. The number of carboxylic acids is 1. The van der Waals surface area contributed by atoms with Gasteiger partial charge in [0, 0.05) is 37.3 Å². The highest BCUT2D eigenvalue weighted by Gasteiger charge is 2.18. The number of aliphatic carboxylic acids is 1. The lowest BCUT2D eigenvalue weighted by molar-refractivity contribution is -0.142. The van der Waals surface area contributed by atoms with Gasteiger partial charge in [0.05, 0.1) is 5.92 Å². The van der Waals surface area contributed by atoms with E-state index >= 15 is 0 Å². The summed E-state index contributed by atoms with van der Waals surface area (Å²) in [4.78, 5) is 19.0. The van der Waals surface area contributed by atoms with Crippen molar-refractivity contribution in [3.05, 3.63) is 11.1 Å². The van der Waals surface area contributed by atoms with Crippen LogP contribution in [0.1, 0.15) is 39.0 Å². The maximum atomic E-state index is 11.2. The first kappa shape index (κ1) is 17.9. The molecule has 0 spiro atoms. The third-order valence-electron chi connectivity index (χ3n) is 3.37. The molecule has 1 atom stereocenters.